The summed E-state index contributed by atoms with van der Waals surface area (Å²) in [4.78, 5) is 18.9. The number of hydrogen-bond acceptors (Lipinski definition) is 4. The lowest BCUT2D eigenvalue weighted by molar-refractivity contribution is 0.102. The van der Waals surface area contributed by atoms with Crippen LogP contribution in [0.1, 0.15) is 23.0 Å². The van der Waals surface area contributed by atoms with E-state index in [4.69, 9.17) is 5.73 Å². The average molecular weight is 372 g/mol. The number of anilines is 1. The highest BCUT2D eigenvalue weighted by atomic mass is 16.1. The number of hydrazone groups is 1. The Morgan fingerprint density at radius 2 is 1.89 bits per heavy atom. The van der Waals surface area contributed by atoms with Crippen LogP contribution in [0.2, 0.25) is 0 Å². The van der Waals surface area contributed by atoms with Gasteiger partial charge in [0.25, 0.3) is 5.91 Å². The average Bonchev–Trinajstić information content (AvgIpc) is 3.31. The molecule has 2 aromatic carbocycles. The molecule has 0 saturated heterocycles. The molecule has 28 heavy (non-hydrogen) atoms. The third-order valence-corrected chi connectivity index (χ3v) is 4.46. The van der Waals surface area contributed by atoms with Crippen molar-refractivity contribution in [2.24, 2.45) is 10.8 Å². The molecule has 2 heterocycles. The van der Waals surface area contributed by atoms with E-state index in [1.54, 1.807) is 0 Å². The van der Waals surface area contributed by atoms with E-state index in [1.165, 1.54) is 0 Å². The topological polar surface area (TPSA) is 111 Å². The molecule has 0 spiro atoms. The molecule has 0 saturated carbocycles. The zero-order valence-corrected chi connectivity index (χ0v) is 15.3. The van der Waals surface area contributed by atoms with E-state index in [-0.39, 0.29) is 11.7 Å². The molecule has 6 N–H and O–H groups in total. The van der Waals surface area contributed by atoms with Crippen LogP contribution in [0.4, 0.5) is 5.69 Å². The van der Waals surface area contributed by atoms with Crippen molar-refractivity contribution in [2.45, 2.75) is 6.92 Å². The lowest BCUT2D eigenvalue weighted by atomic mass is 10.1. The van der Waals surface area contributed by atoms with E-state index in [0.29, 0.717) is 5.69 Å². The van der Waals surface area contributed by atoms with Crippen LogP contribution in [0, 0.1) is 0 Å². The molecule has 7 nitrogen and oxygen atoms in total. The normalized spacial score (nSPS) is 11.7. The molecule has 1 amide bonds. The van der Waals surface area contributed by atoms with Crippen molar-refractivity contribution in [1.82, 2.24) is 15.4 Å². The molecule has 0 radical (unpaired) electrons. The molecule has 0 bridgehead atoms. The minimum atomic E-state index is -0.195. The molecule has 0 aliphatic rings. The van der Waals surface area contributed by atoms with E-state index >= 15 is 0 Å². The first-order chi connectivity index (χ1) is 13.5. The number of hydrogen-bond donors (Lipinski definition) is 5. The maximum absolute atomic E-state index is 12.6. The number of nitrogens with zero attached hydrogens (tertiary/aromatic N) is 1. The number of rotatable bonds is 5. The predicted octanol–water partition coefficient (Wildman–Crippen LogP) is 3.65. The second-order valence-electron chi connectivity index (χ2n) is 6.55. The van der Waals surface area contributed by atoms with Crippen molar-refractivity contribution in [2.75, 3.05) is 5.32 Å². The van der Waals surface area contributed by atoms with Gasteiger partial charge in [-0.3, -0.25) is 10.2 Å². The van der Waals surface area contributed by atoms with Crippen LogP contribution < -0.4 is 16.5 Å². The van der Waals surface area contributed by atoms with Crippen molar-refractivity contribution in [3.05, 3.63) is 78.4 Å². The summed E-state index contributed by atoms with van der Waals surface area (Å²) in [6, 6.07) is 15.4. The van der Waals surface area contributed by atoms with Gasteiger partial charge in [-0.15, -0.1) is 0 Å². The molecule has 0 aliphatic heterocycles. The van der Waals surface area contributed by atoms with E-state index in [1.807, 2.05) is 61.7 Å². The fourth-order valence-corrected chi connectivity index (χ4v) is 3.03. The summed E-state index contributed by atoms with van der Waals surface area (Å²) in [6.45, 7) is 5.42. The van der Waals surface area contributed by atoms with Crippen LogP contribution in [-0.2, 0) is 0 Å². The monoisotopic (exact) mass is 372 g/mol. The molecule has 0 atom stereocenters. The minimum absolute atomic E-state index is 0.195. The molecule has 4 rings (SSSR count). The summed E-state index contributed by atoms with van der Waals surface area (Å²) in [7, 11) is 0. The molecule has 0 fully saturated rings. The first-order valence-electron chi connectivity index (χ1n) is 8.76. The maximum atomic E-state index is 12.6. The summed E-state index contributed by atoms with van der Waals surface area (Å²) in [6.07, 6.45) is 1.87. The number of carbonyl (C=O) groups excluding carboxylic acids is 1. The Bertz CT molecular complexity index is 1230. The highest BCUT2D eigenvalue weighted by Gasteiger charge is 2.11. The number of nitrogens with two attached hydrogens (primary N) is 1. The summed E-state index contributed by atoms with van der Waals surface area (Å²) in [5.74, 6) is 0.0815. The summed E-state index contributed by atoms with van der Waals surface area (Å²) < 4.78 is 0. The van der Waals surface area contributed by atoms with Crippen LogP contribution in [0.3, 0.4) is 0 Å². The number of nitrogens with one attached hydrogen (secondary N) is 4. The summed E-state index contributed by atoms with van der Waals surface area (Å²) >= 11 is 0. The first kappa shape index (κ1) is 17.4. The Labute approximate surface area is 161 Å². The highest BCUT2D eigenvalue weighted by Crippen LogP contribution is 2.21. The van der Waals surface area contributed by atoms with Gasteiger partial charge in [-0.25, -0.2) is 0 Å². The molecule has 140 valence electrons. The van der Waals surface area contributed by atoms with E-state index < -0.39 is 0 Å². The van der Waals surface area contributed by atoms with Gasteiger partial charge in [-0.05, 0) is 55.0 Å². The van der Waals surface area contributed by atoms with Gasteiger partial charge >= 0.3 is 0 Å². The molecule has 2 aromatic heterocycles. The largest absolute Gasteiger partial charge is 0.385 e. The van der Waals surface area contributed by atoms with Gasteiger partial charge < -0.3 is 21.0 Å². The van der Waals surface area contributed by atoms with Crippen LogP contribution in [0.25, 0.3) is 21.8 Å². The zero-order valence-electron chi connectivity index (χ0n) is 15.3. The van der Waals surface area contributed by atoms with Crippen LogP contribution >= 0.6 is 0 Å². The SMILES string of the molecule is C=C(N)N/N=C(/C)c1ccc2[nH]c(C(=O)Nc3ccc4[nH]ccc4c3)cc2c1. The Balaban J connectivity index is 1.57. The second kappa shape index (κ2) is 6.96. The number of amides is 1. The number of H-pyrrole nitrogens is 2. The van der Waals surface area contributed by atoms with Crippen molar-refractivity contribution in [1.29, 1.82) is 0 Å². The minimum Gasteiger partial charge on any atom is -0.385 e. The summed E-state index contributed by atoms with van der Waals surface area (Å²) in [5.41, 5.74) is 12.9. The molecule has 4 aromatic rings. The highest BCUT2D eigenvalue weighted by molar-refractivity contribution is 6.08. The number of carbonyl (C=O) groups is 1. The molecule has 0 aliphatic carbocycles. The van der Waals surface area contributed by atoms with Crippen molar-refractivity contribution in [3.63, 3.8) is 0 Å². The molecule has 7 heteroatoms. The van der Waals surface area contributed by atoms with Gasteiger partial charge in [0.05, 0.1) is 5.71 Å². The van der Waals surface area contributed by atoms with Crippen LogP contribution in [0.5, 0.6) is 0 Å². The lowest BCUT2D eigenvalue weighted by Crippen LogP contribution is -2.14. The predicted molar refractivity (Wildman–Crippen MR) is 113 cm³/mol. The van der Waals surface area contributed by atoms with E-state index in [2.05, 4.69) is 32.4 Å². The van der Waals surface area contributed by atoms with E-state index in [0.717, 1.165) is 38.8 Å². The number of aromatic nitrogens is 2. The number of fused-ring (bicyclic) bond motifs is 2. The summed E-state index contributed by atoms with van der Waals surface area (Å²) in [5, 5.41) is 9.06. The van der Waals surface area contributed by atoms with Crippen molar-refractivity contribution in [3.8, 4) is 0 Å². The van der Waals surface area contributed by atoms with Gasteiger partial charge in [-0.2, -0.15) is 5.10 Å². The third-order valence-electron chi connectivity index (χ3n) is 4.46. The van der Waals surface area contributed by atoms with Gasteiger partial charge in [0.2, 0.25) is 0 Å². The smallest absolute Gasteiger partial charge is 0.272 e. The molecular formula is C21H20N6O. The van der Waals surface area contributed by atoms with Gasteiger partial charge in [0.1, 0.15) is 11.5 Å². The Morgan fingerprint density at radius 1 is 1.07 bits per heavy atom. The quantitative estimate of drug-likeness (QED) is 0.272. The van der Waals surface area contributed by atoms with Gasteiger partial charge in [-0.1, -0.05) is 12.6 Å². The number of benzene rings is 2. The molecular weight excluding hydrogens is 352 g/mol. The second-order valence-corrected chi connectivity index (χ2v) is 6.55. The van der Waals surface area contributed by atoms with Crippen molar-refractivity contribution < 1.29 is 4.79 Å². The molecule has 0 unspecified atom stereocenters. The van der Waals surface area contributed by atoms with Crippen LogP contribution in [0.15, 0.2) is 72.2 Å². The fraction of sp³-hybridized carbons (Fsp3) is 0.0476. The fourth-order valence-electron chi connectivity index (χ4n) is 3.03. The third kappa shape index (κ3) is 3.45. The van der Waals surface area contributed by atoms with Gasteiger partial charge in [0.15, 0.2) is 0 Å². The Hall–Kier alpha value is -4.00. The van der Waals surface area contributed by atoms with E-state index in [9.17, 15) is 4.79 Å². The Kier molecular flexibility index (Phi) is 4.33. The Morgan fingerprint density at radius 3 is 2.71 bits per heavy atom. The lowest BCUT2D eigenvalue weighted by Gasteiger charge is -2.03. The maximum Gasteiger partial charge on any atom is 0.272 e. The zero-order chi connectivity index (χ0) is 19.7. The first-order valence-corrected chi connectivity index (χ1v) is 8.76. The van der Waals surface area contributed by atoms with Gasteiger partial charge in [0, 0.05) is 33.7 Å². The van der Waals surface area contributed by atoms with Crippen LogP contribution in [-0.4, -0.2) is 21.6 Å². The standard InChI is InChI=1S/C21H20N6O/c1-12(26-27-13(2)22)14-3-5-19-16(9-14)11-20(25-19)21(28)24-17-4-6-18-15(10-17)7-8-23-18/h3-11,23,25,27H,2,22H2,1H3,(H,24,28)/b26-12-. The number of aromatic amines is 2. The van der Waals surface area contributed by atoms with Crippen molar-refractivity contribution >= 4 is 39.1 Å².